The summed E-state index contributed by atoms with van der Waals surface area (Å²) in [6.45, 7) is 3.62. The largest absolute Gasteiger partial charge is 0.343 e. The van der Waals surface area contributed by atoms with Crippen LogP contribution in [0.3, 0.4) is 0 Å². The molecule has 2 aromatic rings. The minimum absolute atomic E-state index is 0.193. The van der Waals surface area contributed by atoms with Crippen LogP contribution in [0.15, 0.2) is 23.0 Å². The van der Waals surface area contributed by atoms with Crippen LogP contribution in [0.5, 0.6) is 0 Å². The van der Waals surface area contributed by atoms with Crippen LogP contribution < -0.4 is 16.3 Å². The first-order chi connectivity index (χ1) is 15.0. The number of carbonyl (C=O) groups is 3. The maximum atomic E-state index is 12.8. The summed E-state index contributed by atoms with van der Waals surface area (Å²) in [6, 6.07) is 5.32. The van der Waals surface area contributed by atoms with Crippen LogP contribution in [-0.4, -0.2) is 58.4 Å². The van der Waals surface area contributed by atoms with Crippen molar-refractivity contribution < 1.29 is 14.4 Å². The molecule has 1 saturated carbocycles. The molecule has 166 valence electrons. The lowest BCUT2D eigenvalue weighted by Crippen LogP contribution is -2.44. The highest BCUT2D eigenvalue weighted by Gasteiger charge is 2.32. The van der Waals surface area contributed by atoms with E-state index < -0.39 is 6.04 Å². The summed E-state index contributed by atoms with van der Waals surface area (Å²) in [5.74, 6) is -0.151. The number of imide groups is 1. The van der Waals surface area contributed by atoms with Crippen molar-refractivity contribution in [3.8, 4) is 0 Å². The van der Waals surface area contributed by atoms with Crippen molar-refractivity contribution in [1.29, 1.82) is 0 Å². The summed E-state index contributed by atoms with van der Waals surface area (Å²) in [5.41, 5.74) is 2.71. The Morgan fingerprint density at radius 1 is 1.06 bits per heavy atom. The molecule has 3 aliphatic rings. The van der Waals surface area contributed by atoms with Crippen LogP contribution in [0.1, 0.15) is 49.6 Å². The third-order valence-corrected chi connectivity index (χ3v) is 6.50. The van der Waals surface area contributed by atoms with Crippen LogP contribution in [0.4, 0.5) is 0 Å². The Balaban J connectivity index is 0.000000245. The smallest absolute Gasteiger partial charge is 0.329 e. The van der Waals surface area contributed by atoms with Gasteiger partial charge < -0.3 is 10.2 Å². The number of hydrogen-bond donors (Lipinski definition) is 2. The summed E-state index contributed by atoms with van der Waals surface area (Å²) >= 11 is 0. The summed E-state index contributed by atoms with van der Waals surface area (Å²) in [7, 11) is 1.76. The molecule has 0 spiro atoms. The van der Waals surface area contributed by atoms with E-state index in [4.69, 9.17) is 0 Å². The molecule has 3 fully saturated rings. The van der Waals surface area contributed by atoms with Crippen LogP contribution in [-0.2, 0) is 21.4 Å². The first kappa shape index (κ1) is 21.3. The number of hydrogen-bond acceptors (Lipinski definition) is 5. The van der Waals surface area contributed by atoms with Crippen molar-refractivity contribution in [3.63, 3.8) is 0 Å². The number of fused-ring (bicyclic) bond motifs is 1. The Morgan fingerprint density at radius 2 is 1.81 bits per heavy atom. The standard InChI is InChI=1S/C17H19N3O3.C5H10N2O/c1-19-15-11(10-4-2-5-10)6-3-7-12(15)20(17(19)23)13-8-9-14(21)18-16(13)22;8-5-7-3-1-6-2-4-7/h3,6-7,10,13H,2,4-5,8-9H2,1H3,(H,18,21,22);5-6H,1-4H2. The molecule has 0 bridgehead atoms. The zero-order valence-corrected chi connectivity index (χ0v) is 17.8. The first-order valence-electron chi connectivity index (χ1n) is 10.9. The van der Waals surface area contributed by atoms with Gasteiger partial charge in [-0.15, -0.1) is 0 Å². The van der Waals surface area contributed by atoms with Gasteiger partial charge in [-0.25, -0.2) is 4.79 Å². The summed E-state index contributed by atoms with van der Waals surface area (Å²) < 4.78 is 3.20. The molecule has 1 aromatic carbocycles. The fourth-order valence-corrected chi connectivity index (χ4v) is 4.53. The fraction of sp³-hybridized carbons (Fsp3) is 0.545. The van der Waals surface area contributed by atoms with E-state index in [2.05, 4.69) is 16.7 Å². The number of benzene rings is 1. The third-order valence-electron chi connectivity index (χ3n) is 6.50. The molecule has 3 amide bonds. The van der Waals surface area contributed by atoms with Gasteiger partial charge in [-0.3, -0.25) is 28.8 Å². The van der Waals surface area contributed by atoms with Gasteiger partial charge >= 0.3 is 5.69 Å². The van der Waals surface area contributed by atoms with Gasteiger partial charge in [0.2, 0.25) is 18.2 Å². The summed E-state index contributed by atoms with van der Waals surface area (Å²) in [6.07, 6.45) is 5.07. The number of aryl methyl sites for hydroxylation is 1. The first-order valence-corrected chi connectivity index (χ1v) is 10.9. The second-order valence-electron chi connectivity index (χ2n) is 8.41. The molecule has 0 radical (unpaired) electrons. The van der Waals surface area contributed by atoms with E-state index >= 15 is 0 Å². The van der Waals surface area contributed by atoms with E-state index in [1.165, 1.54) is 12.0 Å². The lowest BCUT2D eigenvalue weighted by molar-refractivity contribution is -0.135. The number of aromatic nitrogens is 2. The zero-order valence-electron chi connectivity index (χ0n) is 17.8. The normalized spacial score (nSPS) is 21.8. The van der Waals surface area contributed by atoms with Crippen molar-refractivity contribution in [2.75, 3.05) is 26.2 Å². The second-order valence-corrected chi connectivity index (χ2v) is 8.41. The topological polar surface area (TPSA) is 105 Å². The minimum Gasteiger partial charge on any atom is -0.343 e. The van der Waals surface area contributed by atoms with Crippen LogP contribution in [0.2, 0.25) is 0 Å². The van der Waals surface area contributed by atoms with Crippen molar-refractivity contribution in [2.45, 2.75) is 44.1 Å². The van der Waals surface area contributed by atoms with E-state index in [0.717, 1.165) is 56.5 Å². The average Bonchev–Trinajstić information content (AvgIpc) is 2.99. The quantitative estimate of drug-likeness (QED) is 0.552. The van der Waals surface area contributed by atoms with Crippen molar-refractivity contribution >= 4 is 29.3 Å². The predicted molar refractivity (Wildman–Crippen MR) is 116 cm³/mol. The molecule has 2 saturated heterocycles. The number of nitrogens with zero attached hydrogens (tertiary/aromatic N) is 3. The SMILES string of the molecule is Cn1c(=O)n(C2CCC(=O)NC2=O)c2cccc(C3CCC3)c21.O=CN1CCNCC1. The van der Waals surface area contributed by atoms with Gasteiger partial charge in [0, 0.05) is 39.6 Å². The van der Waals surface area contributed by atoms with Gasteiger partial charge in [0.1, 0.15) is 6.04 Å². The minimum atomic E-state index is -0.611. The summed E-state index contributed by atoms with van der Waals surface area (Å²) in [5, 5.41) is 5.49. The highest BCUT2D eigenvalue weighted by molar-refractivity contribution is 6.00. The Hall–Kier alpha value is -2.94. The molecule has 9 nitrogen and oxygen atoms in total. The molecule has 1 atom stereocenters. The molecule has 2 aliphatic heterocycles. The Labute approximate surface area is 180 Å². The predicted octanol–water partition coefficient (Wildman–Crippen LogP) is 0.633. The van der Waals surface area contributed by atoms with E-state index in [0.29, 0.717) is 12.3 Å². The molecule has 5 rings (SSSR count). The van der Waals surface area contributed by atoms with Crippen LogP contribution in [0.25, 0.3) is 11.0 Å². The van der Waals surface area contributed by atoms with Crippen LogP contribution >= 0.6 is 0 Å². The summed E-state index contributed by atoms with van der Waals surface area (Å²) in [4.78, 5) is 48.2. The molecule has 1 unspecified atom stereocenters. The number of nitrogens with one attached hydrogen (secondary N) is 2. The maximum Gasteiger partial charge on any atom is 0.329 e. The monoisotopic (exact) mass is 427 g/mol. The third kappa shape index (κ3) is 4.14. The number of amides is 3. The molecular formula is C22H29N5O4. The Bertz CT molecular complexity index is 1050. The van der Waals surface area contributed by atoms with E-state index in [-0.39, 0.29) is 23.9 Å². The number of imidazole rings is 1. The lowest BCUT2D eigenvalue weighted by Gasteiger charge is -2.26. The molecule has 31 heavy (non-hydrogen) atoms. The fourth-order valence-electron chi connectivity index (χ4n) is 4.53. The molecule has 3 heterocycles. The number of piperazine rings is 1. The van der Waals surface area contributed by atoms with Crippen molar-refractivity contribution in [3.05, 3.63) is 34.2 Å². The van der Waals surface area contributed by atoms with Gasteiger partial charge in [0.05, 0.1) is 11.0 Å². The lowest BCUT2D eigenvalue weighted by atomic mass is 9.79. The Morgan fingerprint density at radius 3 is 2.39 bits per heavy atom. The number of piperidine rings is 1. The van der Waals surface area contributed by atoms with Gasteiger partial charge in [-0.1, -0.05) is 18.6 Å². The van der Waals surface area contributed by atoms with Crippen LogP contribution in [0, 0.1) is 0 Å². The van der Waals surface area contributed by atoms with E-state index in [9.17, 15) is 19.2 Å². The number of carbonyl (C=O) groups excluding carboxylic acids is 3. The van der Waals surface area contributed by atoms with E-state index in [1.54, 1.807) is 21.1 Å². The average molecular weight is 428 g/mol. The van der Waals surface area contributed by atoms with Gasteiger partial charge in [-0.05, 0) is 36.8 Å². The molecular weight excluding hydrogens is 398 g/mol. The molecule has 1 aromatic heterocycles. The Kier molecular flexibility index (Phi) is 6.22. The molecule has 9 heteroatoms. The zero-order chi connectivity index (χ0) is 22.0. The number of rotatable bonds is 3. The van der Waals surface area contributed by atoms with Gasteiger partial charge in [0.25, 0.3) is 0 Å². The number of para-hydroxylation sites is 1. The highest BCUT2D eigenvalue weighted by atomic mass is 16.2. The van der Waals surface area contributed by atoms with Crippen molar-refractivity contribution in [1.82, 2.24) is 24.7 Å². The van der Waals surface area contributed by atoms with Gasteiger partial charge in [-0.2, -0.15) is 0 Å². The maximum absolute atomic E-state index is 12.8. The highest BCUT2D eigenvalue weighted by Crippen LogP contribution is 2.39. The molecule has 2 N–H and O–H groups in total. The van der Waals surface area contributed by atoms with Crippen molar-refractivity contribution in [2.24, 2.45) is 7.05 Å². The second kappa shape index (κ2) is 9.05. The van der Waals surface area contributed by atoms with E-state index in [1.807, 2.05) is 12.1 Å². The van der Waals surface area contributed by atoms with Gasteiger partial charge in [0.15, 0.2) is 0 Å². The molecule has 1 aliphatic carbocycles.